The van der Waals surface area contributed by atoms with E-state index in [1.165, 1.54) is 112 Å². The van der Waals surface area contributed by atoms with E-state index in [0.717, 1.165) is 9.80 Å². The highest BCUT2D eigenvalue weighted by Crippen LogP contribution is 2.26. The van der Waals surface area contributed by atoms with E-state index in [-0.39, 0.29) is 68.3 Å². The molecule has 1 saturated heterocycles. The third kappa shape index (κ3) is 22.1. The highest BCUT2D eigenvalue weighted by Gasteiger charge is 2.46. The van der Waals surface area contributed by atoms with E-state index in [2.05, 4.69) is 21.3 Å². The molecule has 1 aromatic rings. The lowest BCUT2D eigenvalue weighted by Gasteiger charge is -2.41. The number of carbonyl (C=O) groups excluding carboxylic acids is 11. The van der Waals surface area contributed by atoms with E-state index in [0.29, 0.717) is 12.0 Å². The van der Waals surface area contributed by atoms with Gasteiger partial charge in [-0.3, -0.25) is 52.7 Å². The van der Waals surface area contributed by atoms with Gasteiger partial charge in [-0.25, -0.2) is 4.79 Å². The van der Waals surface area contributed by atoms with Crippen LogP contribution in [0.5, 0.6) is 0 Å². The number of likely N-dealkylation sites (N-methyl/N-ethyl adjacent to an activating group) is 7. The second-order valence-electron chi connectivity index (χ2n) is 27.7. The fraction of sp³-hybridized carbons (Fsp3) is 0.710. The average Bonchev–Trinajstić information content (AvgIpc) is 0.812. The van der Waals surface area contributed by atoms with Gasteiger partial charge in [0.2, 0.25) is 65.0 Å². The van der Waals surface area contributed by atoms with Crippen LogP contribution in [-0.2, 0) is 59.2 Å². The van der Waals surface area contributed by atoms with Crippen LogP contribution >= 0.6 is 0 Å². The quantitative estimate of drug-likeness (QED) is 0.112. The van der Waals surface area contributed by atoms with Crippen molar-refractivity contribution in [2.24, 2.45) is 35.5 Å². The van der Waals surface area contributed by atoms with Crippen LogP contribution in [0.25, 0.3) is 0 Å². The normalized spacial score (nSPS) is 26.1. The van der Waals surface area contributed by atoms with Gasteiger partial charge in [0, 0.05) is 55.8 Å². The summed E-state index contributed by atoms with van der Waals surface area (Å²) in [5, 5.41) is 33.1. The Bertz CT molecular complexity index is 2810. The summed E-state index contributed by atoms with van der Waals surface area (Å²) in [6, 6.07) is -8.74. The Hall–Kier alpha value is -7.44. The highest BCUT2D eigenvalue weighted by molar-refractivity contribution is 6.00. The van der Waals surface area contributed by atoms with E-state index in [1.807, 2.05) is 48.5 Å². The first-order valence-electron chi connectivity index (χ1n) is 33.3. The summed E-state index contributed by atoms with van der Waals surface area (Å²) in [6.07, 6.45) is 2.83. The van der Waals surface area contributed by atoms with Crippen LogP contribution in [0.4, 0.5) is 0 Å². The van der Waals surface area contributed by atoms with E-state index in [4.69, 9.17) is 0 Å². The third-order valence-corrected chi connectivity index (χ3v) is 17.9. The molecule has 530 valence electrons. The molecule has 1 unspecified atom stereocenters. The molecule has 25 nitrogen and oxygen atoms in total. The zero-order chi connectivity index (χ0) is 72.2. The summed E-state index contributed by atoms with van der Waals surface area (Å²) in [5.74, 6) is -11.7. The molecule has 1 aliphatic heterocycles. The molecule has 0 radical (unpaired) electrons. The number of carbonyl (C=O) groups is 12. The van der Waals surface area contributed by atoms with Crippen LogP contribution in [0.3, 0.4) is 0 Å². The average molecular weight is 1320 g/mol. The molecule has 0 bridgehead atoms. The largest absolute Gasteiger partial charge is 0.478 e. The number of nitrogens with one attached hydrogen (secondary N) is 4. The van der Waals surface area contributed by atoms with Gasteiger partial charge in [-0.15, -0.1) is 0 Å². The molecule has 0 spiro atoms. The number of aliphatic hydroxyl groups is 1. The van der Waals surface area contributed by atoms with E-state index < -0.39 is 161 Å². The molecular weight excluding hydrogens is 1210 g/mol. The Labute approximate surface area is 559 Å². The van der Waals surface area contributed by atoms with Crippen LogP contribution in [-0.4, -0.2) is 237 Å². The number of benzene rings is 1. The van der Waals surface area contributed by atoms with Crippen molar-refractivity contribution >= 4 is 70.9 Å². The topological polar surface area (TPSA) is 316 Å². The molecule has 0 aromatic heterocycles. The number of amides is 11. The smallest absolute Gasteiger partial charge is 0.335 e. The lowest BCUT2D eigenvalue weighted by atomic mass is 9.91. The molecule has 94 heavy (non-hydrogen) atoms. The van der Waals surface area contributed by atoms with Gasteiger partial charge < -0.3 is 65.8 Å². The minimum atomic E-state index is -1.69. The van der Waals surface area contributed by atoms with Crippen molar-refractivity contribution in [2.75, 3.05) is 49.3 Å². The summed E-state index contributed by atoms with van der Waals surface area (Å²) < 4.78 is 0. The first-order chi connectivity index (χ1) is 43.6. The Morgan fingerprint density at radius 1 is 0.489 bits per heavy atom. The van der Waals surface area contributed by atoms with Crippen LogP contribution in [0, 0.1) is 35.5 Å². The van der Waals surface area contributed by atoms with Gasteiger partial charge in [0.05, 0.1) is 11.7 Å². The molecule has 1 aromatic carbocycles. The van der Waals surface area contributed by atoms with Crippen molar-refractivity contribution < 1.29 is 67.7 Å². The number of hydrogen-bond acceptors (Lipinski definition) is 13. The van der Waals surface area contributed by atoms with E-state index in [1.54, 1.807) is 60.6 Å². The summed E-state index contributed by atoms with van der Waals surface area (Å²) in [6.45, 7) is 27.6. The SMILES string of the molecule is C/C=C/C[C@@H](C)[C@@H](O)[C@H]1C(=O)N[C@@H](CC)C(=O)N(C)C(Cc2ccc(C(=O)O)cc2)C(=O)N(C)[C@@H](CC(C)C)C(=O)N[C@@H](C(C)C)C(=O)N(C)[C@@H](CC(C)C)C(=O)N[C@@H](C)C(=O)N[C@H](C)C(=O)N(C)[C@@H](CCC)C(=O)N(C)[C@@H](CC(C)C)C(=O)N(C)[C@@H](C(C)C)C(=O)N1C. The molecule has 6 N–H and O–H groups in total. The highest BCUT2D eigenvalue weighted by atomic mass is 16.4. The van der Waals surface area contributed by atoms with Gasteiger partial charge in [0.15, 0.2) is 0 Å². The monoisotopic (exact) mass is 1320 g/mol. The van der Waals surface area contributed by atoms with Crippen LogP contribution in [0.1, 0.15) is 172 Å². The van der Waals surface area contributed by atoms with Gasteiger partial charge in [-0.1, -0.05) is 121 Å². The first-order valence-corrected chi connectivity index (χ1v) is 33.3. The number of hydrogen-bond donors (Lipinski definition) is 6. The van der Waals surface area contributed by atoms with Gasteiger partial charge in [0.1, 0.15) is 66.5 Å². The fourth-order valence-corrected chi connectivity index (χ4v) is 11.9. The van der Waals surface area contributed by atoms with E-state index >= 15 is 24.0 Å². The second-order valence-corrected chi connectivity index (χ2v) is 27.7. The van der Waals surface area contributed by atoms with Crippen molar-refractivity contribution in [3.05, 3.63) is 47.5 Å². The van der Waals surface area contributed by atoms with E-state index in [9.17, 15) is 43.8 Å². The van der Waals surface area contributed by atoms with Crippen molar-refractivity contribution in [1.82, 2.24) is 55.6 Å². The Morgan fingerprint density at radius 3 is 1.39 bits per heavy atom. The maximum atomic E-state index is 15.4. The molecular formula is C69H115N11O14. The summed E-state index contributed by atoms with van der Waals surface area (Å²) >= 11 is 0. The van der Waals surface area contributed by atoms with Gasteiger partial charge in [-0.2, -0.15) is 0 Å². The minimum Gasteiger partial charge on any atom is -0.478 e. The minimum absolute atomic E-state index is 0.0468. The maximum absolute atomic E-state index is 15.4. The fourth-order valence-electron chi connectivity index (χ4n) is 11.9. The standard InChI is InChI=1S/C69H115N11O14/c1-24-27-29-43(14)57(81)56-61(85)72-48(26-3)63(87)77(20)53(37-46-30-32-47(33-31-46)69(93)94)65(89)75(18)51(35-39(6)7)60(84)73-54(41(10)11)67(91)76(19)50(34-38(4)5)59(83)70-44(15)58(82)71-45(16)62(86)74(17)49(28-25-2)64(88)78(21)52(36-40(8)9)66(90)79(22)55(42(12)13)68(92)80(56)23/h24,27,30-33,38-45,48-57,81H,25-26,28-29,34-37H2,1-23H3,(H,70,83)(H,71,82)(H,72,85)(H,73,84)(H,93,94)/b27-24+/t43-,44+,45-,48+,49+,50+,51+,52+,53?,54+,55+,56+,57-/m1/s1. The molecule has 1 aliphatic rings. The van der Waals surface area contributed by atoms with Crippen LogP contribution < -0.4 is 21.3 Å². The molecule has 2 rings (SSSR count). The summed E-state index contributed by atoms with van der Waals surface area (Å²) in [5.41, 5.74) is 0.378. The molecule has 25 heteroatoms. The number of rotatable bonds is 18. The number of aromatic carboxylic acids is 1. The first kappa shape index (κ1) is 82.7. The van der Waals surface area contributed by atoms with Crippen molar-refractivity contribution in [1.29, 1.82) is 0 Å². The molecule has 13 atom stereocenters. The lowest BCUT2D eigenvalue weighted by molar-refractivity contribution is -0.157. The van der Waals surface area contributed by atoms with Crippen molar-refractivity contribution in [3.8, 4) is 0 Å². The molecule has 1 fully saturated rings. The Kier molecular flexibility index (Phi) is 33.1. The molecule has 11 amide bonds. The molecule has 0 saturated carbocycles. The predicted octanol–water partition coefficient (Wildman–Crippen LogP) is 4.33. The number of allylic oxidation sites excluding steroid dienone is 2. The number of nitrogens with zero attached hydrogens (tertiary/aromatic N) is 7. The third-order valence-electron chi connectivity index (χ3n) is 17.9. The number of aliphatic hydroxyl groups excluding tert-OH is 1. The van der Waals surface area contributed by atoms with Crippen LogP contribution in [0.2, 0.25) is 0 Å². The van der Waals surface area contributed by atoms with Crippen molar-refractivity contribution in [3.63, 3.8) is 0 Å². The van der Waals surface area contributed by atoms with Crippen LogP contribution in [0.15, 0.2) is 36.4 Å². The zero-order valence-corrected chi connectivity index (χ0v) is 60.4. The summed E-state index contributed by atoms with van der Waals surface area (Å²) in [7, 11) is 9.77. The molecule has 1 heterocycles. The van der Waals surface area contributed by atoms with Crippen molar-refractivity contribution in [2.45, 2.75) is 235 Å². The van der Waals surface area contributed by atoms with Gasteiger partial charge in [0.25, 0.3) is 0 Å². The number of carboxylic acids is 1. The van der Waals surface area contributed by atoms with Gasteiger partial charge in [-0.05, 0) is 112 Å². The maximum Gasteiger partial charge on any atom is 0.335 e. The van der Waals surface area contributed by atoms with Gasteiger partial charge >= 0.3 is 5.97 Å². The lowest BCUT2D eigenvalue weighted by Crippen LogP contribution is -2.64. The number of carboxylic acid groups (broad SMARTS) is 1. The second kappa shape index (κ2) is 37.6. The predicted molar refractivity (Wildman–Crippen MR) is 360 cm³/mol. The zero-order valence-electron chi connectivity index (χ0n) is 60.4. The molecule has 0 aliphatic carbocycles. The Balaban J connectivity index is 3.15. The summed E-state index contributed by atoms with van der Waals surface area (Å²) in [4.78, 5) is 184. The Morgan fingerprint density at radius 2 is 0.926 bits per heavy atom.